The summed E-state index contributed by atoms with van der Waals surface area (Å²) in [6, 6.07) is 62.2. The van der Waals surface area contributed by atoms with Gasteiger partial charge in [-0.3, -0.25) is 0 Å². The number of halogens is 1. The first kappa shape index (κ1) is 31.4. The standard InChI is InChI=1S/C46H32ClN5/c47-40-24-11-10-22-38(40)39-23-13-25-41-42(39)52(37-20-8-3-9-21-37)46(48-41)34-28-26-31(27-29-34)35-18-12-19-36(30-35)45-50-43(32-14-4-1-5-15-32)49-44(51-45)33-16-6-2-7-17-33/h1-30,46,48H. The van der Waals surface area contributed by atoms with E-state index in [1.807, 2.05) is 84.9 Å². The molecule has 0 saturated heterocycles. The maximum atomic E-state index is 6.76. The summed E-state index contributed by atoms with van der Waals surface area (Å²) in [7, 11) is 0. The van der Waals surface area contributed by atoms with Gasteiger partial charge in [-0.1, -0.05) is 163 Å². The lowest BCUT2D eigenvalue weighted by Gasteiger charge is -2.29. The fourth-order valence-corrected chi connectivity index (χ4v) is 7.13. The van der Waals surface area contributed by atoms with E-state index in [2.05, 4.69) is 107 Å². The lowest BCUT2D eigenvalue weighted by Crippen LogP contribution is -2.23. The number of hydrogen-bond acceptors (Lipinski definition) is 5. The molecule has 0 radical (unpaired) electrons. The van der Waals surface area contributed by atoms with Gasteiger partial charge in [-0.2, -0.15) is 0 Å². The minimum atomic E-state index is -0.126. The Morgan fingerprint density at radius 1 is 0.442 bits per heavy atom. The normalized spacial score (nSPS) is 13.4. The third kappa shape index (κ3) is 5.97. The molecule has 5 nitrogen and oxygen atoms in total. The predicted molar refractivity (Wildman–Crippen MR) is 213 cm³/mol. The molecule has 0 bridgehead atoms. The molecule has 248 valence electrons. The molecule has 0 amide bonds. The lowest BCUT2D eigenvalue weighted by atomic mass is 10.00. The van der Waals surface area contributed by atoms with Crippen molar-refractivity contribution in [3.05, 3.63) is 193 Å². The van der Waals surface area contributed by atoms with E-state index in [-0.39, 0.29) is 6.17 Å². The molecule has 1 aliphatic heterocycles. The fourth-order valence-electron chi connectivity index (χ4n) is 6.89. The number of anilines is 3. The van der Waals surface area contributed by atoms with Crippen molar-refractivity contribution in [2.24, 2.45) is 0 Å². The van der Waals surface area contributed by atoms with Crippen molar-refractivity contribution < 1.29 is 0 Å². The van der Waals surface area contributed by atoms with E-state index in [9.17, 15) is 0 Å². The largest absolute Gasteiger partial charge is 0.359 e. The van der Waals surface area contributed by atoms with Crippen LogP contribution in [0.15, 0.2) is 182 Å². The fraction of sp³-hybridized carbons (Fsp3) is 0.0217. The summed E-state index contributed by atoms with van der Waals surface area (Å²) in [6.45, 7) is 0. The molecule has 1 aromatic heterocycles. The molecule has 1 unspecified atom stereocenters. The molecule has 1 N–H and O–H groups in total. The molecule has 0 spiro atoms. The van der Waals surface area contributed by atoms with Gasteiger partial charge in [-0.15, -0.1) is 0 Å². The first-order chi connectivity index (χ1) is 25.7. The highest BCUT2D eigenvalue weighted by Gasteiger charge is 2.33. The third-order valence-corrected chi connectivity index (χ3v) is 9.74. The molecule has 6 heteroatoms. The summed E-state index contributed by atoms with van der Waals surface area (Å²) in [5, 5.41) is 4.54. The molecule has 0 fully saturated rings. The monoisotopic (exact) mass is 689 g/mol. The number of fused-ring (bicyclic) bond motifs is 1. The third-order valence-electron chi connectivity index (χ3n) is 9.41. The molecule has 7 aromatic carbocycles. The number of nitrogens with one attached hydrogen (secondary N) is 1. The summed E-state index contributed by atoms with van der Waals surface area (Å²) in [6.07, 6.45) is -0.126. The van der Waals surface area contributed by atoms with Crippen molar-refractivity contribution in [1.82, 2.24) is 15.0 Å². The van der Waals surface area contributed by atoms with E-state index in [0.29, 0.717) is 17.5 Å². The highest BCUT2D eigenvalue weighted by Crippen LogP contribution is 2.51. The van der Waals surface area contributed by atoms with Crippen LogP contribution in [-0.2, 0) is 0 Å². The van der Waals surface area contributed by atoms with Gasteiger partial charge in [0.1, 0.15) is 6.17 Å². The van der Waals surface area contributed by atoms with Gasteiger partial charge in [0.05, 0.1) is 11.4 Å². The van der Waals surface area contributed by atoms with Gasteiger partial charge >= 0.3 is 0 Å². The van der Waals surface area contributed by atoms with Crippen molar-refractivity contribution in [3.8, 4) is 56.4 Å². The summed E-state index contributed by atoms with van der Waals surface area (Å²) < 4.78 is 0. The van der Waals surface area contributed by atoms with E-state index < -0.39 is 0 Å². The Morgan fingerprint density at radius 3 is 1.62 bits per heavy atom. The SMILES string of the molecule is Clc1ccccc1-c1cccc2c1N(c1ccccc1)C(c1ccc(-c3cccc(-c4nc(-c5ccccc5)nc(-c5ccccc5)n4)c3)cc1)N2. The van der Waals surface area contributed by atoms with Crippen LogP contribution in [0, 0.1) is 0 Å². The highest BCUT2D eigenvalue weighted by molar-refractivity contribution is 6.33. The molecule has 2 heterocycles. The summed E-state index contributed by atoms with van der Waals surface area (Å²) in [4.78, 5) is 17.1. The van der Waals surface area contributed by atoms with Crippen molar-refractivity contribution in [2.45, 2.75) is 6.17 Å². The minimum Gasteiger partial charge on any atom is -0.359 e. The summed E-state index contributed by atoms with van der Waals surface area (Å²) in [5.74, 6) is 1.92. The molecule has 9 rings (SSSR count). The first-order valence-electron chi connectivity index (χ1n) is 17.3. The molecule has 52 heavy (non-hydrogen) atoms. The number of rotatable bonds is 7. The van der Waals surface area contributed by atoms with Crippen LogP contribution in [0.2, 0.25) is 5.02 Å². The number of aromatic nitrogens is 3. The Labute approximate surface area is 307 Å². The molecule has 1 atom stereocenters. The van der Waals surface area contributed by atoms with Crippen LogP contribution in [0.4, 0.5) is 17.1 Å². The van der Waals surface area contributed by atoms with E-state index in [4.69, 9.17) is 26.6 Å². The quantitative estimate of drug-likeness (QED) is 0.180. The second kappa shape index (κ2) is 13.6. The minimum absolute atomic E-state index is 0.126. The molecule has 1 aliphatic rings. The van der Waals surface area contributed by atoms with E-state index in [1.165, 1.54) is 0 Å². The topological polar surface area (TPSA) is 53.9 Å². The zero-order chi connectivity index (χ0) is 34.9. The van der Waals surface area contributed by atoms with Crippen LogP contribution in [0.25, 0.3) is 56.4 Å². The number of benzene rings is 7. The van der Waals surface area contributed by atoms with E-state index in [1.54, 1.807) is 0 Å². The summed E-state index contributed by atoms with van der Waals surface area (Å²) in [5.41, 5.74) is 11.5. The maximum absolute atomic E-state index is 6.76. The molecular weight excluding hydrogens is 658 g/mol. The Morgan fingerprint density at radius 2 is 0.962 bits per heavy atom. The average Bonchev–Trinajstić information content (AvgIpc) is 3.62. The van der Waals surface area contributed by atoms with Crippen molar-refractivity contribution in [2.75, 3.05) is 10.2 Å². The number of para-hydroxylation sites is 2. The second-order valence-corrected chi connectivity index (χ2v) is 13.1. The zero-order valence-electron chi connectivity index (χ0n) is 28.1. The highest BCUT2D eigenvalue weighted by atomic mass is 35.5. The molecular formula is C46H32ClN5. The Hall–Kier alpha value is -6.56. The average molecular weight is 690 g/mol. The van der Waals surface area contributed by atoms with Crippen LogP contribution in [0.5, 0.6) is 0 Å². The van der Waals surface area contributed by atoms with Crippen LogP contribution in [0.1, 0.15) is 11.7 Å². The predicted octanol–water partition coefficient (Wildman–Crippen LogP) is 12.1. The van der Waals surface area contributed by atoms with Gasteiger partial charge in [0, 0.05) is 38.5 Å². The smallest absolute Gasteiger partial charge is 0.164 e. The van der Waals surface area contributed by atoms with Gasteiger partial charge in [0.15, 0.2) is 17.5 Å². The molecule has 8 aromatic rings. The Bertz CT molecular complexity index is 2450. The molecule has 0 saturated carbocycles. The van der Waals surface area contributed by atoms with Gasteiger partial charge in [0.25, 0.3) is 0 Å². The van der Waals surface area contributed by atoms with E-state index in [0.717, 1.165) is 66.6 Å². The van der Waals surface area contributed by atoms with E-state index >= 15 is 0 Å². The van der Waals surface area contributed by atoms with Crippen molar-refractivity contribution in [3.63, 3.8) is 0 Å². The lowest BCUT2D eigenvalue weighted by molar-refractivity contribution is 0.829. The van der Waals surface area contributed by atoms with Gasteiger partial charge < -0.3 is 10.2 Å². The Balaban J connectivity index is 1.07. The van der Waals surface area contributed by atoms with Gasteiger partial charge in [-0.05, 0) is 47.0 Å². The van der Waals surface area contributed by atoms with Gasteiger partial charge in [0.2, 0.25) is 0 Å². The van der Waals surface area contributed by atoms with Crippen molar-refractivity contribution in [1.29, 1.82) is 0 Å². The van der Waals surface area contributed by atoms with Gasteiger partial charge in [-0.25, -0.2) is 15.0 Å². The zero-order valence-corrected chi connectivity index (χ0v) is 28.8. The Kier molecular flexibility index (Phi) is 8.24. The summed E-state index contributed by atoms with van der Waals surface area (Å²) >= 11 is 6.76. The second-order valence-electron chi connectivity index (χ2n) is 12.7. The van der Waals surface area contributed by atoms with Crippen LogP contribution in [0.3, 0.4) is 0 Å². The number of nitrogens with zero attached hydrogens (tertiary/aromatic N) is 4. The van der Waals surface area contributed by atoms with Crippen LogP contribution in [-0.4, -0.2) is 15.0 Å². The van der Waals surface area contributed by atoms with Crippen molar-refractivity contribution >= 4 is 28.7 Å². The first-order valence-corrected chi connectivity index (χ1v) is 17.6. The molecule has 0 aliphatic carbocycles. The number of hydrogen-bond donors (Lipinski definition) is 1. The maximum Gasteiger partial charge on any atom is 0.164 e. The van der Waals surface area contributed by atoms with Crippen LogP contribution < -0.4 is 10.2 Å². The van der Waals surface area contributed by atoms with Crippen LogP contribution >= 0.6 is 11.6 Å².